The molecule has 4 aromatic rings. The number of aromatic hydroxyl groups is 1. The number of rotatable bonds is 8. The molecule has 1 unspecified atom stereocenters. The van der Waals surface area contributed by atoms with E-state index in [4.69, 9.17) is 0 Å². The van der Waals surface area contributed by atoms with E-state index in [9.17, 15) is 28.7 Å². The maximum atomic E-state index is 13.8. The smallest absolute Gasteiger partial charge is 0.262 e. The zero-order chi connectivity index (χ0) is 39.7. The lowest BCUT2D eigenvalue weighted by molar-refractivity contribution is -0.136. The highest BCUT2D eigenvalue weighted by atomic mass is 19.1. The quantitative estimate of drug-likeness (QED) is 0.211. The standard InChI is InChI=1S/C47H48FN5O5/c48-35-6-1-30(2-7-35)38-11-5-32-19-37(54)10-12-39(32)44(38)31-3-8-36(9-4-31)52-17-15-28(16-18-52)22-50-23-29(24-50)25-51-26-33-20-40-41(21-34(33)27-51)47(58)53(46(40)57)42-13-14-43(55)49-45(42)56/h1-4,6-10,12,19-21,28-29,38,42,44,54H,5,11,13-18,22-27H2,(H,49,55,56)/t38-,42?,44+/m1/s1. The van der Waals surface area contributed by atoms with Crippen LogP contribution in [0.25, 0.3) is 0 Å². The van der Waals surface area contributed by atoms with Crippen molar-refractivity contribution < 1.29 is 28.7 Å². The molecule has 6 aliphatic rings. The van der Waals surface area contributed by atoms with Crippen LogP contribution >= 0.6 is 0 Å². The largest absolute Gasteiger partial charge is 0.508 e. The molecule has 298 valence electrons. The van der Waals surface area contributed by atoms with Crippen LogP contribution in [-0.2, 0) is 29.1 Å². The minimum absolute atomic E-state index is 0.109. The monoisotopic (exact) mass is 781 g/mol. The molecule has 5 heterocycles. The van der Waals surface area contributed by atoms with Crippen LogP contribution in [0.5, 0.6) is 5.75 Å². The Morgan fingerprint density at radius 2 is 1.33 bits per heavy atom. The highest BCUT2D eigenvalue weighted by molar-refractivity contribution is 6.23. The summed E-state index contributed by atoms with van der Waals surface area (Å²) in [5, 5.41) is 12.5. The molecule has 0 aromatic heterocycles. The number of carbonyl (C=O) groups is 4. The van der Waals surface area contributed by atoms with Gasteiger partial charge in [-0.15, -0.1) is 0 Å². The maximum Gasteiger partial charge on any atom is 0.262 e. The number of fused-ring (bicyclic) bond motifs is 3. The van der Waals surface area contributed by atoms with Crippen LogP contribution < -0.4 is 10.2 Å². The molecule has 10 rings (SSSR count). The fourth-order valence-corrected chi connectivity index (χ4v) is 10.8. The van der Waals surface area contributed by atoms with E-state index in [2.05, 4.69) is 50.3 Å². The number of halogens is 1. The lowest BCUT2D eigenvalue weighted by Crippen LogP contribution is -2.54. The van der Waals surface area contributed by atoms with Gasteiger partial charge >= 0.3 is 0 Å². The first-order valence-electron chi connectivity index (χ1n) is 20.9. The Morgan fingerprint density at radius 3 is 2.00 bits per heavy atom. The van der Waals surface area contributed by atoms with Crippen molar-refractivity contribution in [1.29, 1.82) is 0 Å². The molecule has 1 aliphatic carbocycles. The van der Waals surface area contributed by atoms with Gasteiger partial charge in [-0.2, -0.15) is 0 Å². The van der Waals surface area contributed by atoms with Crippen LogP contribution in [0.15, 0.2) is 78.9 Å². The summed E-state index contributed by atoms with van der Waals surface area (Å²) in [7, 11) is 0. The van der Waals surface area contributed by atoms with Crippen LogP contribution in [0, 0.1) is 17.7 Å². The van der Waals surface area contributed by atoms with E-state index in [1.54, 1.807) is 18.2 Å². The van der Waals surface area contributed by atoms with Gasteiger partial charge in [-0.1, -0.05) is 30.3 Å². The van der Waals surface area contributed by atoms with Gasteiger partial charge in [0, 0.05) is 70.4 Å². The molecule has 0 radical (unpaired) electrons. The summed E-state index contributed by atoms with van der Waals surface area (Å²) in [4.78, 5) is 59.3. The minimum Gasteiger partial charge on any atom is -0.508 e. The van der Waals surface area contributed by atoms with E-state index in [1.807, 2.05) is 30.3 Å². The van der Waals surface area contributed by atoms with Crippen LogP contribution in [0.1, 0.15) is 98.0 Å². The molecule has 10 nitrogen and oxygen atoms in total. The lowest BCUT2D eigenvalue weighted by atomic mass is 9.69. The van der Waals surface area contributed by atoms with Crippen LogP contribution in [-0.4, -0.2) is 88.7 Å². The molecule has 0 spiro atoms. The van der Waals surface area contributed by atoms with Crippen molar-refractivity contribution in [3.05, 3.63) is 129 Å². The normalized spacial score (nSPS) is 24.1. The Bertz CT molecular complexity index is 2250. The number of nitrogens with one attached hydrogen (secondary N) is 1. The number of phenols is 1. The van der Waals surface area contributed by atoms with Crippen molar-refractivity contribution in [2.45, 2.75) is 69.5 Å². The Morgan fingerprint density at radius 1 is 0.672 bits per heavy atom. The van der Waals surface area contributed by atoms with Crippen LogP contribution in [0.2, 0.25) is 0 Å². The number of piperidine rings is 2. The summed E-state index contributed by atoms with van der Waals surface area (Å²) in [6.07, 6.45) is 4.42. The molecule has 3 fully saturated rings. The zero-order valence-corrected chi connectivity index (χ0v) is 32.5. The molecule has 3 saturated heterocycles. The van der Waals surface area contributed by atoms with Gasteiger partial charge in [0.05, 0.1) is 11.1 Å². The van der Waals surface area contributed by atoms with Gasteiger partial charge < -0.3 is 14.9 Å². The van der Waals surface area contributed by atoms with Crippen molar-refractivity contribution in [2.24, 2.45) is 11.8 Å². The average molecular weight is 782 g/mol. The first-order chi connectivity index (χ1) is 28.1. The Labute approximate surface area is 337 Å². The van der Waals surface area contributed by atoms with Crippen molar-refractivity contribution in [3.8, 4) is 5.75 Å². The van der Waals surface area contributed by atoms with Crippen molar-refractivity contribution in [2.75, 3.05) is 44.2 Å². The summed E-state index contributed by atoms with van der Waals surface area (Å²) >= 11 is 0. The van der Waals surface area contributed by atoms with E-state index in [1.165, 1.54) is 35.2 Å². The average Bonchev–Trinajstić information content (AvgIpc) is 3.72. The van der Waals surface area contributed by atoms with Gasteiger partial charge in [-0.3, -0.25) is 34.3 Å². The molecule has 11 heteroatoms. The highest BCUT2D eigenvalue weighted by Crippen LogP contribution is 2.47. The maximum absolute atomic E-state index is 13.8. The number of benzene rings is 4. The number of anilines is 1. The van der Waals surface area contributed by atoms with Crippen molar-refractivity contribution in [1.82, 2.24) is 20.0 Å². The molecule has 3 atom stereocenters. The molecule has 0 saturated carbocycles. The van der Waals surface area contributed by atoms with E-state index in [-0.39, 0.29) is 36.4 Å². The summed E-state index contributed by atoms with van der Waals surface area (Å²) in [5.41, 5.74) is 8.93. The Hall–Kier alpha value is -5.39. The zero-order valence-electron chi connectivity index (χ0n) is 32.5. The van der Waals surface area contributed by atoms with Gasteiger partial charge in [-0.25, -0.2) is 4.39 Å². The Balaban J connectivity index is 0.704. The number of phenolic OH excluding ortho intramolecular Hbond substituents is 1. The first-order valence-corrected chi connectivity index (χ1v) is 20.9. The number of amides is 4. The molecule has 0 bridgehead atoms. The number of hydrogen-bond acceptors (Lipinski definition) is 8. The SMILES string of the molecule is O=C1CCC(N2C(=O)c3cc4c(cc3C2=O)CN(CC2CN(CC3CCN(c5ccc([C@@H]6c7ccc(O)cc7CC[C@@H]6c6ccc(F)cc6)cc5)CC3)C2)C4)C(=O)N1. The van der Waals surface area contributed by atoms with Gasteiger partial charge in [0.15, 0.2) is 0 Å². The molecule has 5 aliphatic heterocycles. The van der Waals surface area contributed by atoms with Gasteiger partial charge in [0.1, 0.15) is 17.6 Å². The predicted octanol–water partition coefficient (Wildman–Crippen LogP) is 5.96. The number of hydrogen-bond donors (Lipinski definition) is 2. The third-order valence-corrected chi connectivity index (χ3v) is 13.7. The van der Waals surface area contributed by atoms with Crippen LogP contribution in [0.4, 0.5) is 10.1 Å². The van der Waals surface area contributed by atoms with Crippen molar-refractivity contribution in [3.63, 3.8) is 0 Å². The first kappa shape index (κ1) is 36.9. The van der Waals surface area contributed by atoms with E-state index >= 15 is 0 Å². The number of aryl methyl sites for hydroxylation is 1. The van der Waals surface area contributed by atoms with Crippen LogP contribution in [0.3, 0.4) is 0 Å². The summed E-state index contributed by atoms with van der Waals surface area (Å²) in [6.45, 7) is 7.85. The number of carbonyl (C=O) groups excluding carboxylic acids is 4. The Kier molecular flexibility index (Phi) is 9.40. The topological polar surface area (TPSA) is 114 Å². The van der Waals surface area contributed by atoms with Gasteiger partial charge in [0.25, 0.3) is 11.8 Å². The third-order valence-electron chi connectivity index (χ3n) is 13.7. The van der Waals surface area contributed by atoms with Gasteiger partial charge in [-0.05, 0) is 132 Å². The minimum atomic E-state index is -0.947. The summed E-state index contributed by atoms with van der Waals surface area (Å²) in [6, 6.07) is 24.5. The molecule has 4 aromatic carbocycles. The van der Waals surface area contributed by atoms with E-state index < -0.39 is 23.8 Å². The number of nitrogens with zero attached hydrogens (tertiary/aromatic N) is 4. The molecule has 4 amide bonds. The molecular weight excluding hydrogens is 734 g/mol. The number of likely N-dealkylation sites (tertiary alicyclic amines) is 1. The summed E-state index contributed by atoms with van der Waals surface area (Å²) < 4.78 is 13.8. The fraction of sp³-hybridized carbons (Fsp3) is 0.404. The second-order valence-electron chi connectivity index (χ2n) is 17.4. The third kappa shape index (κ3) is 6.77. The lowest BCUT2D eigenvalue weighted by Gasteiger charge is -2.44. The van der Waals surface area contributed by atoms with Crippen molar-refractivity contribution >= 4 is 29.3 Å². The predicted molar refractivity (Wildman–Crippen MR) is 216 cm³/mol. The number of imide groups is 2. The summed E-state index contributed by atoms with van der Waals surface area (Å²) in [5.74, 6) is -0.148. The van der Waals surface area contributed by atoms with E-state index in [0.29, 0.717) is 28.7 Å². The molecule has 58 heavy (non-hydrogen) atoms. The fourth-order valence-electron chi connectivity index (χ4n) is 10.8. The molecular formula is C47H48FN5O5. The van der Waals surface area contributed by atoms with E-state index in [0.717, 1.165) is 86.8 Å². The van der Waals surface area contributed by atoms with Gasteiger partial charge in [0.2, 0.25) is 11.8 Å². The molecule has 2 N–H and O–H groups in total. The highest BCUT2D eigenvalue weighted by Gasteiger charge is 2.45. The second kappa shape index (κ2) is 14.8. The second-order valence-corrected chi connectivity index (χ2v) is 17.4.